The van der Waals surface area contributed by atoms with Gasteiger partial charge in [-0.05, 0) is 59.0 Å². The molecule has 1 saturated heterocycles. The number of hydrogen-bond acceptors (Lipinski definition) is 2. The van der Waals surface area contributed by atoms with E-state index in [1.54, 1.807) is 0 Å². The number of hydrogen-bond donors (Lipinski definition) is 1. The van der Waals surface area contributed by atoms with Gasteiger partial charge in [0.25, 0.3) is 5.91 Å². The summed E-state index contributed by atoms with van der Waals surface area (Å²) in [5.41, 5.74) is 8.10. The number of likely N-dealkylation sites (tertiary alicyclic amines) is 1. The average molecular weight is 409 g/mol. The number of benzene rings is 1. The van der Waals surface area contributed by atoms with Crippen molar-refractivity contribution in [1.82, 2.24) is 4.90 Å². The van der Waals surface area contributed by atoms with E-state index in [9.17, 15) is 4.79 Å². The number of aryl methyl sites for hydroxylation is 1. The minimum atomic E-state index is -0.00817. The number of carbonyl (C=O) groups is 1. The maximum atomic E-state index is 12.5. The van der Waals surface area contributed by atoms with E-state index >= 15 is 0 Å². The lowest BCUT2D eigenvalue weighted by molar-refractivity contribution is 0.0533. The van der Waals surface area contributed by atoms with Crippen molar-refractivity contribution in [2.24, 2.45) is 11.1 Å². The van der Waals surface area contributed by atoms with Crippen LogP contribution in [0.3, 0.4) is 0 Å². The Morgan fingerprint density at radius 2 is 2.10 bits per heavy atom. The minimum Gasteiger partial charge on any atom is -0.338 e. The van der Waals surface area contributed by atoms with Crippen molar-refractivity contribution in [1.29, 1.82) is 0 Å². The third-order valence-corrected chi connectivity index (χ3v) is 5.18. The monoisotopic (exact) mass is 408 g/mol. The summed E-state index contributed by atoms with van der Waals surface area (Å²) in [5.74, 6) is 0.123. The highest BCUT2D eigenvalue weighted by Crippen LogP contribution is 2.28. The lowest BCUT2D eigenvalue weighted by atomic mass is 9.79. The first kappa shape index (κ1) is 17.7. The molecular weight excluding hydrogens is 387 g/mol. The number of amides is 1. The Bertz CT molecular complexity index is 505. The first-order chi connectivity index (χ1) is 8.81. The second-order valence-electron chi connectivity index (χ2n) is 6.07. The fourth-order valence-electron chi connectivity index (χ4n) is 2.46. The summed E-state index contributed by atoms with van der Waals surface area (Å²) in [6.45, 7) is 7.82. The molecule has 1 aliphatic heterocycles. The van der Waals surface area contributed by atoms with Crippen molar-refractivity contribution < 1.29 is 4.79 Å². The molecule has 1 aromatic rings. The number of nitrogens with zero attached hydrogens (tertiary/aromatic N) is 1. The maximum Gasteiger partial charge on any atom is 0.253 e. The second kappa shape index (κ2) is 6.62. The fourth-order valence-corrected chi connectivity index (χ4v) is 2.97. The van der Waals surface area contributed by atoms with Crippen LogP contribution in [0.15, 0.2) is 18.2 Å². The lowest BCUT2D eigenvalue weighted by Crippen LogP contribution is -2.54. The molecule has 0 aliphatic carbocycles. The van der Waals surface area contributed by atoms with Crippen molar-refractivity contribution in [2.45, 2.75) is 33.2 Å². The Hall–Kier alpha value is -0.330. The van der Waals surface area contributed by atoms with Gasteiger partial charge in [0.15, 0.2) is 0 Å². The topological polar surface area (TPSA) is 46.3 Å². The zero-order valence-electron chi connectivity index (χ0n) is 12.1. The first-order valence-electron chi connectivity index (χ1n) is 6.62. The van der Waals surface area contributed by atoms with E-state index in [2.05, 4.69) is 43.4 Å². The molecule has 1 aromatic carbocycles. The first-order valence-corrected chi connectivity index (χ1v) is 7.70. The van der Waals surface area contributed by atoms with Crippen LogP contribution < -0.4 is 5.73 Å². The molecule has 2 rings (SSSR count). The molecule has 1 aliphatic rings. The molecule has 0 saturated carbocycles. The lowest BCUT2D eigenvalue weighted by Gasteiger charge is -2.42. The molecule has 0 bridgehead atoms. The van der Waals surface area contributed by atoms with Gasteiger partial charge in [-0.1, -0.05) is 19.9 Å². The zero-order valence-corrected chi connectivity index (χ0v) is 15.1. The maximum absolute atomic E-state index is 12.5. The van der Waals surface area contributed by atoms with Gasteiger partial charge >= 0.3 is 0 Å². The van der Waals surface area contributed by atoms with E-state index in [4.69, 9.17) is 5.73 Å². The van der Waals surface area contributed by atoms with E-state index in [0.717, 1.165) is 28.6 Å². The highest BCUT2D eigenvalue weighted by atomic mass is 127. The van der Waals surface area contributed by atoms with E-state index < -0.39 is 0 Å². The molecule has 1 fully saturated rings. The van der Waals surface area contributed by atoms with Crippen molar-refractivity contribution in [3.63, 3.8) is 0 Å². The average Bonchev–Trinajstić information content (AvgIpc) is 2.35. The van der Waals surface area contributed by atoms with Gasteiger partial charge < -0.3 is 10.6 Å². The molecular formula is C15H22ClIN2O. The zero-order chi connectivity index (χ0) is 14.2. The summed E-state index contributed by atoms with van der Waals surface area (Å²) in [6, 6.07) is 6.08. The van der Waals surface area contributed by atoms with Crippen molar-refractivity contribution in [2.75, 3.05) is 13.1 Å². The van der Waals surface area contributed by atoms with E-state index in [1.165, 1.54) is 5.56 Å². The molecule has 0 spiro atoms. The number of nitrogens with two attached hydrogens (primary N) is 1. The molecule has 0 aromatic heterocycles. The summed E-state index contributed by atoms with van der Waals surface area (Å²) >= 11 is 2.27. The minimum absolute atomic E-state index is 0. The molecule has 1 amide bonds. The van der Waals surface area contributed by atoms with Crippen LogP contribution in [-0.4, -0.2) is 29.9 Å². The van der Waals surface area contributed by atoms with Crippen molar-refractivity contribution in [3.05, 3.63) is 32.9 Å². The number of halogens is 2. The van der Waals surface area contributed by atoms with Crippen LogP contribution >= 0.6 is 35.0 Å². The van der Waals surface area contributed by atoms with E-state index in [0.29, 0.717) is 0 Å². The van der Waals surface area contributed by atoms with Gasteiger partial charge in [0.1, 0.15) is 0 Å². The third kappa shape index (κ3) is 3.65. The Balaban J connectivity index is 0.00000200. The smallest absolute Gasteiger partial charge is 0.253 e. The molecule has 1 unspecified atom stereocenters. The SMILES string of the molecule is Cc1ccc(C(=O)N2CCC(N)C(C)(C)C2)cc1I.Cl. The van der Waals surface area contributed by atoms with Gasteiger partial charge in [0, 0.05) is 28.3 Å². The van der Waals surface area contributed by atoms with Crippen LogP contribution in [0.25, 0.3) is 0 Å². The second-order valence-corrected chi connectivity index (χ2v) is 7.24. The van der Waals surface area contributed by atoms with Crippen LogP contribution in [0.5, 0.6) is 0 Å². The largest absolute Gasteiger partial charge is 0.338 e. The van der Waals surface area contributed by atoms with Crippen LogP contribution in [0.2, 0.25) is 0 Å². The predicted octanol–water partition coefficient (Wildman–Crippen LogP) is 3.22. The van der Waals surface area contributed by atoms with Gasteiger partial charge in [-0.15, -0.1) is 12.4 Å². The van der Waals surface area contributed by atoms with Gasteiger partial charge in [-0.3, -0.25) is 4.79 Å². The fraction of sp³-hybridized carbons (Fsp3) is 0.533. The standard InChI is InChI=1S/C15H21IN2O.ClH/c1-10-4-5-11(8-12(10)16)14(19)18-7-6-13(17)15(2,3)9-18;/h4-5,8,13H,6-7,9,17H2,1-3H3;1H. The quantitative estimate of drug-likeness (QED) is 0.725. The molecule has 2 N–H and O–H groups in total. The van der Waals surface area contributed by atoms with Crippen molar-refractivity contribution in [3.8, 4) is 0 Å². The molecule has 1 atom stereocenters. The van der Waals surface area contributed by atoms with Crippen LogP contribution in [0, 0.1) is 15.9 Å². The van der Waals surface area contributed by atoms with Crippen molar-refractivity contribution >= 4 is 40.9 Å². The normalized spacial score (nSPS) is 21.2. The van der Waals surface area contributed by atoms with Gasteiger partial charge in [0.2, 0.25) is 0 Å². The number of carbonyl (C=O) groups excluding carboxylic acids is 1. The number of rotatable bonds is 1. The van der Waals surface area contributed by atoms with Gasteiger partial charge in [0.05, 0.1) is 0 Å². The van der Waals surface area contributed by atoms with Crippen LogP contribution in [0.4, 0.5) is 0 Å². The third-order valence-electron chi connectivity index (χ3n) is 4.02. The summed E-state index contributed by atoms with van der Waals surface area (Å²) < 4.78 is 1.14. The summed E-state index contributed by atoms with van der Waals surface area (Å²) in [7, 11) is 0. The highest BCUT2D eigenvalue weighted by molar-refractivity contribution is 14.1. The molecule has 5 heteroatoms. The summed E-state index contributed by atoms with van der Waals surface area (Å²) in [6.07, 6.45) is 0.877. The molecule has 1 heterocycles. The van der Waals surface area contributed by atoms with Gasteiger partial charge in [-0.2, -0.15) is 0 Å². The van der Waals surface area contributed by atoms with Gasteiger partial charge in [-0.25, -0.2) is 0 Å². The van der Waals surface area contributed by atoms with E-state index in [-0.39, 0.29) is 29.8 Å². The van der Waals surface area contributed by atoms with Crippen LogP contribution in [0.1, 0.15) is 36.2 Å². The molecule has 0 radical (unpaired) electrons. The Morgan fingerprint density at radius 3 is 2.65 bits per heavy atom. The number of piperidine rings is 1. The predicted molar refractivity (Wildman–Crippen MR) is 93.4 cm³/mol. The summed E-state index contributed by atoms with van der Waals surface area (Å²) in [5, 5.41) is 0. The Morgan fingerprint density at radius 1 is 1.45 bits per heavy atom. The van der Waals surface area contributed by atoms with E-state index in [1.807, 2.05) is 23.1 Å². The van der Waals surface area contributed by atoms with Crippen LogP contribution in [-0.2, 0) is 0 Å². The highest BCUT2D eigenvalue weighted by Gasteiger charge is 2.35. The molecule has 20 heavy (non-hydrogen) atoms. The summed E-state index contributed by atoms with van der Waals surface area (Å²) in [4.78, 5) is 14.5. The Labute approximate surface area is 140 Å². The molecule has 3 nitrogen and oxygen atoms in total. The molecule has 112 valence electrons. The Kier molecular flexibility index (Phi) is 5.87.